The van der Waals surface area contributed by atoms with Crippen molar-refractivity contribution in [3.05, 3.63) is 71.6 Å². The van der Waals surface area contributed by atoms with Crippen LogP contribution in [-0.4, -0.2) is 25.6 Å². The highest BCUT2D eigenvalue weighted by atomic mass is 19.1. The lowest BCUT2D eigenvalue weighted by molar-refractivity contribution is 0.0761. The summed E-state index contributed by atoms with van der Waals surface area (Å²) in [6, 6.07) is 8.74. The van der Waals surface area contributed by atoms with Crippen LogP contribution < -0.4 is 0 Å². The molecule has 0 atom stereocenters. The number of hydrogen-bond donors (Lipinski definition) is 0. The number of nitrogens with zero attached hydrogens (tertiary/aromatic N) is 4. The zero-order valence-corrected chi connectivity index (χ0v) is 13.1. The second-order valence-corrected chi connectivity index (χ2v) is 5.88. The summed E-state index contributed by atoms with van der Waals surface area (Å²) in [6.45, 7) is 0.695. The largest absolute Gasteiger partial charge is 0.328 e. The minimum Gasteiger partial charge on any atom is -0.328 e. The summed E-state index contributed by atoms with van der Waals surface area (Å²) in [7, 11) is 1.82. The van der Waals surface area contributed by atoms with Crippen molar-refractivity contribution in [2.45, 2.75) is 13.1 Å². The Bertz CT molecular complexity index is 934. The topological polar surface area (TPSA) is 51.0 Å². The molecule has 0 spiro atoms. The smallest absolute Gasteiger partial charge is 0.273 e. The number of fused-ring (bicyclic) bond motifs is 1. The van der Waals surface area contributed by atoms with E-state index in [1.807, 2.05) is 25.4 Å². The fraction of sp³-hybridized carbons (Fsp3) is 0.167. The molecule has 24 heavy (non-hydrogen) atoms. The van der Waals surface area contributed by atoms with E-state index in [4.69, 9.17) is 0 Å². The van der Waals surface area contributed by atoms with Gasteiger partial charge in [0, 0.05) is 49.2 Å². The van der Waals surface area contributed by atoms with Crippen LogP contribution >= 0.6 is 0 Å². The third-order valence-electron chi connectivity index (χ3n) is 4.19. The van der Waals surface area contributed by atoms with Crippen molar-refractivity contribution in [2.24, 2.45) is 7.05 Å². The van der Waals surface area contributed by atoms with E-state index in [9.17, 15) is 9.18 Å². The minimum atomic E-state index is -0.326. The highest BCUT2D eigenvalue weighted by Gasteiger charge is 2.28. The quantitative estimate of drug-likeness (QED) is 0.745. The Hall–Kier alpha value is -3.02. The molecule has 6 heteroatoms. The number of rotatable bonds is 3. The van der Waals surface area contributed by atoms with Crippen molar-refractivity contribution in [1.29, 1.82) is 0 Å². The van der Waals surface area contributed by atoms with Crippen LogP contribution in [0.25, 0.3) is 11.1 Å². The van der Waals surface area contributed by atoms with Crippen LogP contribution in [-0.2, 0) is 20.1 Å². The summed E-state index contributed by atoms with van der Waals surface area (Å²) in [5, 5.41) is 4.10. The van der Waals surface area contributed by atoms with Crippen molar-refractivity contribution in [3.63, 3.8) is 0 Å². The first-order valence-electron chi connectivity index (χ1n) is 7.62. The van der Waals surface area contributed by atoms with Gasteiger partial charge in [-0.25, -0.2) is 4.39 Å². The number of carbonyl (C=O) groups is 1. The summed E-state index contributed by atoms with van der Waals surface area (Å²) in [5.74, 6) is -0.477. The minimum absolute atomic E-state index is 0.152. The maximum absolute atomic E-state index is 14.5. The maximum Gasteiger partial charge on any atom is 0.273 e. The lowest BCUT2D eigenvalue weighted by Crippen LogP contribution is -2.24. The number of carbonyl (C=O) groups excluding carboxylic acids is 1. The fourth-order valence-corrected chi connectivity index (χ4v) is 2.94. The molecular formula is C18H15FN4O. The third-order valence-corrected chi connectivity index (χ3v) is 4.19. The van der Waals surface area contributed by atoms with Gasteiger partial charge in [0.05, 0.1) is 6.20 Å². The van der Waals surface area contributed by atoms with Crippen LogP contribution in [0.3, 0.4) is 0 Å². The number of benzene rings is 1. The molecular weight excluding hydrogens is 307 g/mol. The average Bonchev–Trinajstić information content (AvgIpc) is 3.14. The molecule has 3 aromatic rings. The lowest BCUT2D eigenvalue weighted by atomic mass is 10.1. The van der Waals surface area contributed by atoms with E-state index in [-0.39, 0.29) is 18.3 Å². The average molecular weight is 322 g/mol. The monoisotopic (exact) mass is 322 g/mol. The lowest BCUT2D eigenvalue weighted by Gasteiger charge is -2.16. The second kappa shape index (κ2) is 5.56. The van der Waals surface area contributed by atoms with E-state index < -0.39 is 0 Å². The Balaban J connectivity index is 1.57. The molecule has 0 N–H and O–H groups in total. The molecule has 5 nitrogen and oxygen atoms in total. The molecule has 4 rings (SSSR count). The Morgan fingerprint density at radius 3 is 2.83 bits per heavy atom. The Morgan fingerprint density at radius 1 is 1.25 bits per heavy atom. The van der Waals surface area contributed by atoms with Crippen molar-refractivity contribution in [1.82, 2.24) is 19.7 Å². The molecule has 1 amide bonds. The molecule has 0 unspecified atom stereocenters. The molecule has 0 bridgehead atoms. The molecule has 1 aliphatic heterocycles. The third kappa shape index (κ3) is 2.46. The van der Waals surface area contributed by atoms with E-state index in [1.54, 1.807) is 34.1 Å². The number of hydrogen-bond acceptors (Lipinski definition) is 3. The van der Waals surface area contributed by atoms with Gasteiger partial charge in [-0.3, -0.25) is 14.5 Å². The Labute approximate surface area is 138 Å². The second-order valence-electron chi connectivity index (χ2n) is 5.88. The van der Waals surface area contributed by atoms with Crippen molar-refractivity contribution >= 4 is 5.91 Å². The number of amides is 1. The van der Waals surface area contributed by atoms with Gasteiger partial charge in [-0.2, -0.15) is 5.10 Å². The molecule has 0 fully saturated rings. The Morgan fingerprint density at radius 2 is 2.12 bits per heavy atom. The normalized spacial score (nSPS) is 13.4. The Kier molecular flexibility index (Phi) is 3.37. The van der Waals surface area contributed by atoms with Gasteiger partial charge in [-0.15, -0.1) is 0 Å². The number of pyridine rings is 1. The number of aryl methyl sites for hydroxylation is 1. The summed E-state index contributed by atoms with van der Waals surface area (Å²) < 4.78 is 16.1. The standard InChI is InChI=1S/C18H15FN4O/c1-22-9-15(8-21-22)12-4-5-13(16(19)7-12)10-23-11-14-3-2-6-20-17(14)18(23)24/h2-9H,10-11H2,1H3. The van der Waals surface area contributed by atoms with E-state index in [2.05, 4.69) is 10.1 Å². The van der Waals surface area contributed by atoms with Gasteiger partial charge < -0.3 is 4.90 Å². The van der Waals surface area contributed by atoms with Gasteiger partial charge in [-0.1, -0.05) is 18.2 Å². The van der Waals surface area contributed by atoms with Gasteiger partial charge in [-0.05, 0) is 17.7 Å². The van der Waals surface area contributed by atoms with Gasteiger partial charge in [0.25, 0.3) is 5.91 Å². The first-order chi connectivity index (χ1) is 11.6. The predicted molar refractivity (Wildman–Crippen MR) is 86.4 cm³/mol. The zero-order chi connectivity index (χ0) is 16.7. The van der Waals surface area contributed by atoms with E-state index in [1.165, 1.54) is 6.07 Å². The van der Waals surface area contributed by atoms with Gasteiger partial charge in [0.1, 0.15) is 11.5 Å². The van der Waals surface area contributed by atoms with Crippen molar-refractivity contribution in [3.8, 4) is 11.1 Å². The molecule has 120 valence electrons. The fourth-order valence-electron chi connectivity index (χ4n) is 2.94. The molecule has 2 aromatic heterocycles. The molecule has 3 heterocycles. The zero-order valence-electron chi connectivity index (χ0n) is 13.1. The summed E-state index contributed by atoms with van der Waals surface area (Å²) >= 11 is 0. The molecule has 1 aromatic carbocycles. The van der Waals surface area contributed by atoms with Crippen molar-refractivity contribution < 1.29 is 9.18 Å². The van der Waals surface area contributed by atoms with Crippen LogP contribution in [0.4, 0.5) is 4.39 Å². The highest BCUT2D eigenvalue weighted by Crippen LogP contribution is 2.25. The highest BCUT2D eigenvalue weighted by molar-refractivity contribution is 5.96. The maximum atomic E-state index is 14.5. The SMILES string of the molecule is Cn1cc(-c2ccc(CN3Cc4cccnc4C3=O)c(F)c2)cn1. The summed E-state index contributed by atoms with van der Waals surface area (Å²) in [4.78, 5) is 18.1. The molecule has 0 saturated carbocycles. The van der Waals surface area contributed by atoms with Crippen LogP contribution in [0.1, 0.15) is 21.6 Å². The van der Waals surface area contributed by atoms with Gasteiger partial charge in [0.2, 0.25) is 0 Å². The van der Waals surface area contributed by atoms with Gasteiger partial charge >= 0.3 is 0 Å². The van der Waals surface area contributed by atoms with E-state index >= 15 is 0 Å². The van der Waals surface area contributed by atoms with Crippen LogP contribution in [0.2, 0.25) is 0 Å². The summed E-state index contributed by atoms with van der Waals surface area (Å²) in [5.41, 5.74) is 3.46. The van der Waals surface area contributed by atoms with E-state index in [0.29, 0.717) is 17.8 Å². The molecule has 0 radical (unpaired) electrons. The molecule has 0 aliphatic carbocycles. The van der Waals surface area contributed by atoms with Crippen LogP contribution in [0.5, 0.6) is 0 Å². The van der Waals surface area contributed by atoms with Gasteiger partial charge in [0.15, 0.2) is 0 Å². The van der Waals surface area contributed by atoms with Crippen LogP contribution in [0, 0.1) is 5.82 Å². The molecule has 0 saturated heterocycles. The van der Waals surface area contributed by atoms with Crippen LogP contribution in [0.15, 0.2) is 48.9 Å². The number of aromatic nitrogens is 3. The summed E-state index contributed by atoms with van der Waals surface area (Å²) in [6.07, 6.45) is 5.13. The first-order valence-corrected chi connectivity index (χ1v) is 7.62. The van der Waals surface area contributed by atoms with E-state index in [0.717, 1.165) is 16.7 Å². The van der Waals surface area contributed by atoms with Crippen molar-refractivity contribution in [2.75, 3.05) is 0 Å². The number of halogens is 1. The molecule has 1 aliphatic rings. The predicted octanol–water partition coefficient (Wildman–Crippen LogP) is 2.78. The first kappa shape index (κ1) is 14.6.